The van der Waals surface area contributed by atoms with E-state index >= 15 is 0 Å². The molecule has 4 heteroatoms. The van der Waals surface area contributed by atoms with Gasteiger partial charge >= 0.3 is 0 Å². The van der Waals surface area contributed by atoms with Gasteiger partial charge in [0, 0.05) is 10.3 Å². The standard InChI is InChI=1S/C12H16ClNOS/c1-15-11-3-2-9(13)8-12(11)16-10-4-6-14-7-5-10/h2-3,8,10,14H,4-7H2,1H3. The Bertz CT molecular complexity index is 353. The number of hydrogen-bond donors (Lipinski definition) is 1. The third-order valence-corrected chi connectivity index (χ3v) is 4.32. The number of hydrogen-bond acceptors (Lipinski definition) is 3. The van der Waals surface area contributed by atoms with Gasteiger partial charge in [-0.2, -0.15) is 0 Å². The zero-order chi connectivity index (χ0) is 11.4. The van der Waals surface area contributed by atoms with E-state index in [0.29, 0.717) is 5.25 Å². The number of halogens is 1. The zero-order valence-electron chi connectivity index (χ0n) is 9.33. The Morgan fingerprint density at radius 2 is 2.12 bits per heavy atom. The average molecular weight is 258 g/mol. The fourth-order valence-corrected chi connectivity index (χ4v) is 3.37. The summed E-state index contributed by atoms with van der Waals surface area (Å²) in [6, 6.07) is 5.80. The number of piperidine rings is 1. The Hall–Kier alpha value is -0.380. The van der Waals surface area contributed by atoms with Crippen molar-refractivity contribution in [3.05, 3.63) is 23.2 Å². The minimum absolute atomic E-state index is 0.675. The highest BCUT2D eigenvalue weighted by Gasteiger charge is 2.16. The Morgan fingerprint density at radius 3 is 2.81 bits per heavy atom. The summed E-state index contributed by atoms with van der Waals surface area (Å²) < 4.78 is 5.35. The van der Waals surface area contributed by atoms with Crippen LogP contribution in [0.25, 0.3) is 0 Å². The lowest BCUT2D eigenvalue weighted by Crippen LogP contribution is -2.29. The molecule has 1 aliphatic rings. The van der Waals surface area contributed by atoms with E-state index in [1.54, 1.807) is 7.11 Å². The molecule has 1 aromatic rings. The van der Waals surface area contributed by atoms with Crippen molar-refractivity contribution in [1.29, 1.82) is 0 Å². The molecule has 1 heterocycles. The fourth-order valence-electron chi connectivity index (χ4n) is 1.84. The first-order valence-corrected chi connectivity index (χ1v) is 6.76. The summed E-state index contributed by atoms with van der Waals surface area (Å²) in [4.78, 5) is 1.15. The molecule has 0 amide bonds. The van der Waals surface area contributed by atoms with Gasteiger partial charge in [0.1, 0.15) is 5.75 Å². The Kier molecular flexibility index (Phi) is 4.38. The van der Waals surface area contributed by atoms with Crippen molar-refractivity contribution in [3.63, 3.8) is 0 Å². The maximum Gasteiger partial charge on any atom is 0.132 e. The molecule has 1 N–H and O–H groups in total. The van der Waals surface area contributed by atoms with Crippen LogP contribution in [0, 0.1) is 0 Å². The van der Waals surface area contributed by atoms with E-state index in [4.69, 9.17) is 16.3 Å². The molecule has 1 aromatic carbocycles. The van der Waals surface area contributed by atoms with Crippen LogP contribution < -0.4 is 10.1 Å². The number of ether oxygens (including phenoxy) is 1. The predicted molar refractivity (Wildman–Crippen MR) is 69.8 cm³/mol. The second-order valence-corrected chi connectivity index (χ2v) is 5.64. The van der Waals surface area contributed by atoms with Gasteiger partial charge in [-0.25, -0.2) is 0 Å². The summed E-state index contributed by atoms with van der Waals surface area (Å²) in [5, 5.41) is 4.82. The lowest BCUT2D eigenvalue weighted by Gasteiger charge is -2.22. The third kappa shape index (κ3) is 3.06. The van der Waals surface area contributed by atoms with E-state index in [2.05, 4.69) is 5.32 Å². The van der Waals surface area contributed by atoms with E-state index in [9.17, 15) is 0 Å². The SMILES string of the molecule is COc1ccc(Cl)cc1SC1CCNCC1. The Morgan fingerprint density at radius 1 is 1.38 bits per heavy atom. The van der Waals surface area contributed by atoms with Gasteiger partial charge in [-0.15, -0.1) is 11.8 Å². The number of methoxy groups -OCH3 is 1. The van der Waals surface area contributed by atoms with Crippen LogP contribution in [0.4, 0.5) is 0 Å². The van der Waals surface area contributed by atoms with E-state index < -0.39 is 0 Å². The quantitative estimate of drug-likeness (QED) is 0.899. The minimum Gasteiger partial charge on any atom is -0.496 e. The highest BCUT2D eigenvalue weighted by molar-refractivity contribution is 8.00. The van der Waals surface area contributed by atoms with Crippen molar-refractivity contribution in [1.82, 2.24) is 5.32 Å². The van der Waals surface area contributed by atoms with Gasteiger partial charge in [-0.1, -0.05) is 11.6 Å². The fraction of sp³-hybridized carbons (Fsp3) is 0.500. The molecule has 0 bridgehead atoms. The number of rotatable bonds is 3. The first kappa shape index (κ1) is 12.1. The summed E-state index contributed by atoms with van der Waals surface area (Å²) in [5.41, 5.74) is 0. The van der Waals surface area contributed by atoms with Gasteiger partial charge in [0.2, 0.25) is 0 Å². The smallest absolute Gasteiger partial charge is 0.132 e. The summed E-state index contributed by atoms with van der Waals surface area (Å²) in [6.07, 6.45) is 2.42. The molecular weight excluding hydrogens is 242 g/mol. The highest BCUT2D eigenvalue weighted by atomic mass is 35.5. The number of thioether (sulfide) groups is 1. The molecule has 1 saturated heterocycles. The van der Waals surface area contributed by atoms with Gasteiger partial charge in [-0.3, -0.25) is 0 Å². The van der Waals surface area contributed by atoms with Gasteiger partial charge in [0.05, 0.1) is 12.0 Å². The van der Waals surface area contributed by atoms with E-state index in [-0.39, 0.29) is 0 Å². The molecule has 0 spiro atoms. The Labute approximate surface area is 106 Å². The first-order valence-electron chi connectivity index (χ1n) is 5.50. The molecule has 0 unspecified atom stereocenters. The molecule has 0 aromatic heterocycles. The summed E-state index contributed by atoms with van der Waals surface area (Å²) in [5.74, 6) is 0.924. The molecule has 1 fully saturated rings. The van der Waals surface area contributed by atoms with Crippen molar-refractivity contribution in [2.75, 3.05) is 20.2 Å². The van der Waals surface area contributed by atoms with Crippen molar-refractivity contribution < 1.29 is 4.74 Å². The predicted octanol–water partition coefficient (Wildman–Crippen LogP) is 3.19. The average Bonchev–Trinajstić information content (AvgIpc) is 2.31. The lowest BCUT2D eigenvalue weighted by atomic mass is 10.2. The van der Waals surface area contributed by atoms with E-state index in [1.165, 1.54) is 12.8 Å². The zero-order valence-corrected chi connectivity index (χ0v) is 10.9. The summed E-state index contributed by atoms with van der Waals surface area (Å²) >= 11 is 7.89. The largest absolute Gasteiger partial charge is 0.496 e. The van der Waals surface area contributed by atoms with E-state index in [0.717, 1.165) is 28.8 Å². The monoisotopic (exact) mass is 257 g/mol. The molecule has 2 nitrogen and oxygen atoms in total. The molecule has 1 aliphatic heterocycles. The molecule has 2 rings (SSSR count). The van der Waals surface area contributed by atoms with Crippen molar-refractivity contribution in [2.24, 2.45) is 0 Å². The topological polar surface area (TPSA) is 21.3 Å². The van der Waals surface area contributed by atoms with Crippen LogP contribution in [0.15, 0.2) is 23.1 Å². The van der Waals surface area contributed by atoms with E-state index in [1.807, 2.05) is 30.0 Å². The van der Waals surface area contributed by atoms with Crippen LogP contribution in [0.1, 0.15) is 12.8 Å². The van der Waals surface area contributed by atoms with Crippen LogP contribution in [0.5, 0.6) is 5.75 Å². The van der Waals surface area contributed by atoms with Crippen LogP contribution >= 0.6 is 23.4 Å². The van der Waals surface area contributed by atoms with Gasteiger partial charge in [0.15, 0.2) is 0 Å². The molecule has 0 atom stereocenters. The van der Waals surface area contributed by atoms with Crippen LogP contribution in [0.3, 0.4) is 0 Å². The lowest BCUT2D eigenvalue weighted by molar-refractivity contribution is 0.404. The highest BCUT2D eigenvalue weighted by Crippen LogP contribution is 2.36. The van der Waals surface area contributed by atoms with Gasteiger partial charge in [-0.05, 0) is 44.1 Å². The second-order valence-electron chi connectivity index (χ2n) is 3.86. The number of benzene rings is 1. The maximum absolute atomic E-state index is 6.01. The Balaban J connectivity index is 2.09. The van der Waals surface area contributed by atoms with Gasteiger partial charge in [0.25, 0.3) is 0 Å². The summed E-state index contributed by atoms with van der Waals surface area (Å²) in [7, 11) is 1.70. The van der Waals surface area contributed by atoms with Crippen LogP contribution in [-0.2, 0) is 0 Å². The minimum atomic E-state index is 0.675. The first-order chi connectivity index (χ1) is 7.79. The van der Waals surface area contributed by atoms with Crippen LogP contribution in [-0.4, -0.2) is 25.4 Å². The molecule has 0 aliphatic carbocycles. The molecular formula is C12H16ClNOS. The van der Waals surface area contributed by atoms with Crippen molar-refractivity contribution >= 4 is 23.4 Å². The molecule has 0 saturated carbocycles. The molecule has 0 radical (unpaired) electrons. The van der Waals surface area contributed by atoms with Crippen molar-refractivity contribution in [3.8, 4) is 5.75 Å². The van der Waals surface area contributed by atoms with Gasteiger partial charge < -0.3 is 10.1 Å². The second kappa shape index (κ2) is 5.80. The van der Waals surface area contributed by atoms with Crippen LogP contribution in [0.2, 0.25) is 5.02 Å². The number of nitrogens with one attached hydrogen (secondary N) is 1. The molecule has 88 valence electrons. The molecule has 16 heavy (non-hydrogen) atoms. The summed E-state index contributed by atoms with van der Waals surface area (Å²) in [6.45, 7) is 2.22. The third-order valence-electron chi connectivity index (χ3n) is 2.71. The van der Waals surface area contributed by atoms with Crippen molar-refractivity contribution in [2.45, 2.75) is 23.0 Å². The maximum atomic E-state index is 6.01. The normalized spacial score (nSPS) is 17.4.